The summed E-state index contributed by atoms with van der Waals surface area (Å²) in [5, 5.41) is 5.16. The fourth-order valence-electron chi connectivity index (χ4n) is 2.47. The normalized spacial score (nSPS) is 18.4. The molecule has 3 rings (SSSR count). The summed E-state index contributed by atoms with van der Waals surface area (Å²) in [6.07, 6.45) is 3.47. The second-order valence-corrected chi connectivity index (χ2v) is 7.04. The van der Waals surface area contributed by atoms with E-state index in [9.17, 15) is 0 Å². The summed E-state index contributed by atoms with van der Waals surface area (Å²) in [6, 6.07) is 6.36. The number of fused-ring (bicyclic) bond motifs is 1. The van der Waals surface area contributed by atoms with E-state index in [4.69, 9.17) is 16.6 Å². The molecule has 2 aromatic rings. The smallest absolute Gasteiger partial charge is 0.125 e. The highest BCUT2D eigenvalue weighted by atomic mass is 79.9. The molecular weight excluding hydrogens is 344 g/mol. The second kappa shape index (κ2) is 5.52. The minimum absolute atomic E-state index is 0.445. The van der Waals surface area contributed by atoms with E-state index in [1.165, 1.54) is 23.4 Å². The molecule has 100 valence electrons. The molecule has 1 N–H and O–H groups in total. The van der Waals surface area contributed by atoms with Crippen molar-refractivity contribution >= 4 is 38.9 Å². The van der Waals surface area contributed by atoms with Crippen molar-refractivity contribution < 1.29 is 0 Å². The van der Waals surface area contributed by atoms with Crippen LogP contribution in [0.15, 0.2) is 22.7 Å². The lowest BCUT2D eigenvalue weighted by Gasteiger charge is -2.19. The van der Waals surface area contributed by atoms with Crippen molar-refractivity contribution in [2.75, 3.05) is 7.05 Å². The lowest BCUT2D eigenvalue weighted by Crippen LogP contribution is -2.19. The van der Waals surface area contributed by atoms with Gasteiger partial charge >= 0.3 is 0 Å². The van der Waals surface area contributed by atoms with Crippen LogP contribution >= 0.6 is 38.9 Å². The Morgan fingerprint density at radius 3 is 3.11 bits per heavy atom. The van der Waals surface area contributed by atoms with E-state index in [2.05, 4.69) is 21.2 Å². The first-order chi connectivity index (χ1) is 9.19. The fraction of sp³-hybridized carbons (Fsp3) is 0.357. The number of hydrogen-bond donors (Lipinski definition) is 1. The minimum atomic E-state index is 0.445. The zero-order valence-corrected chi connectivity index (χ0v) is 13.7. The van der Waals surface area contributed by atoms with Crippen molar-refractivity contribution in [2.45, 2.75) is 25.3 Å². The summed E-state index contributed by atoms with van der Waals surface area (Å²) in [6.45, 7) is 0. The summed E-state index contributed by atoms with van der Waals surface area (Å²) in [4.78, 5) is 6.17. The number of halogens is 2. The Morgan fingerprint density at radius 2 is 2.32 bits per heavy atom. The molecule has 1 aromatic heterocycles. The van der Waals surface area contributed by atoms with E-state index in [1.54, 1.807) is 11.3 Å². The predicted octanol–water partition coefficient (Wildman–Crippen LogP) is 4.82. The van der Waals surface area contributed by atoms with Crippen molar-refractivity contribution in [3.63, 3.8) is 0 Å². The molecule has 0 spiro atoms. The number of hydrogen-bond acceptors (Lipinski definition) is 3. The zero-order valence-electron chi connectivity index (χ0n) is 10.5. The highest BCUT2D eigenvalue weighted by Crippen LogP contribution is 2.40. The number of thiazole rings is 1. The van der Waals surface area contributed by atoms with Crippen LogP contribution in [-0.2, 0) is 6.42 Å². The van der Waals surface area contributed by atoms with Gasteiger partial charge in [-0.25, -0.2) is 4.98 Å². The number of rotatable bonds is 2. The Labute approximate surface area is 130 Å². The first-order valence-corrected chi connectivity index (χ1v) is 8.30. The highest BCUT2D eigenvalue weighted by molar-refractivity contribution is 9.10. The number of nitrogens with zero attached hydrogens (tertiary/aromatic N) is 1. The number of aromatic nitrogens is 1. The Hall–Kier alpha value is -0.420. The van der Waals surface area contributed by atoms with Crippen LogP contribution in [0.4, 0.5) is 0 Å². The molecule has 5 heteroatoms. The van der Waals surface area contributed by atoms with Crippen molar-refractivity contribution in [2.24, 2.45) is 0 Å². The summed E-state index contributed by atoms with van der Waals surface area (Å²) in [5.74, 6) is 0. The average Bonchev–Trinajstić information content (AvgIpc) is 2.85. The molecule has 1 aliphatic rings. The maximum absolute atomic E-state index is 6.29. The Morgan fingerprint density at radius 1 is 1.47 bits per heavy atom. The minimum Gasteiger partial charge on any atom is -0.312 e. The Kier molecular flexibility index (Phi) is 3.94. The van der Waals surface area contributed by atoms with Crippen molar-refractivity contribution in [1.29, 1.82) is 0 Å². The number of nitrogens with one attached hydrogen (secondary N) is 1. The van der Waals surface area contributed by atoms with Crippen LogP contribution < -0.4 is 5.32 Å². The molecule has 2 nitrogen and oxygen atoms in total. The quantitative estimate of drug-likeness (QED) is 0.833. The maximum atomic E-state index is 6.29. The molecule has 0 radical (unpaired) electrons. The van der Waals surface area contributed by atoms with E-state index in [0.717, 1.165) is 26.5 Å². The van der Waals surface area contributed by atoms with E-state index in [1.807, 2.05) is 25.2 Å². The molecule has 1 aliphatic carbocycles. The summed E-state index contributed by atoms with van der Waals surface area (Å²) >= 11 is 11.6. The van der Waals surface area contributed by atoms with Gasteiger partial charge in [-0.3, -0.25) is 0 Å². The van der Waals surface area contributed by atoms with Gasteiger partial charge in [0.05, 0.1) is 10.7 Å². The van der Waals surface area contributed by atoms with Crippen LogP contribution in [0.3, 0.4) is 0 Å². The summed E-state index contributed by atoms with van der Waals surface area (Å²) in [7, 11) is 2.02. The monoisotopic (exact) mass is 356 g/mol. The van der Waals surface area contributed by atoms with Gasteiger partial charge < -0.3 is 5.32 Å². The lowest BCUT2D eigenvalue weighted by molar-refractivity contribution is 0.501. The number of aryl methyl sites for hydroxylation is 1. The molecule has 19 heavy (non-hydrogen) atoms. The van der Waals surface area contributed by atoms with Gasteiger partial charge in [0, 0.05) is 21.0 Å². The fourth-order valence-corrected chi connectivity index (χ4v) is 4.38. The van der Waals surface area contributed by atoms with Crippen molar-refractivity contribution in [3.05, 3.63) is 38.3 Å². The van der Waals surface area contributed by atoms with Gasteiger partial charge in [-0.15, -0.1) is 11.3 Å². The molecule has 1 heterocycles. The third kappa shape index (κ3) is 2.59. The molecule has 1 atom stereocenters. The van der Waals surface area contributed by atoms with Gasteiger partial charge in [-0.1, -0.05) is 27.5 Å². The standard InChI is InChI=1S/C14H14BrClN2S/c1-17-11-3-2-4-12-13(11)19-14(18-12)9-7-8(15)5-6-10(9)16/h5-7,11,17H,2-4H2,1H3. The van der Waals surface area contributed by atoms with E-state index < -0.39 is 0 Å². The average molecular weight is 358 g/mol. The first kappa shape index (κ1) is 13.6. The van der Waals surface area contributed by atoms with Gasteiger partial charge in [0.25, 0.3) is 0 Å². The van der Waals surface area contributed by atoms with E-state index >= 15 is 0 Å². The Bertz CT molecular complexity index is 611. The largest absolute Gasteiger partial charge is 0.312 e. The highest BCUT2D eigenvalue weighted by Gasteiger charge is 2.24. The van der Waals surface area contributed by atoms with Gasteiger partial charge in [-0.2, -0.15) is 0 Å². The Balaban J connectivity index is 2.07. The lowest BCUT2D eigenvalue weighted by atomic mass is 9.98. The zero-order chi connectivity index (χ0) is 13.4. The summed E-state index contributed by atoms with van der Waals surface area (Å²) in [5.41, 5.74) is 2.26. The topological polar surface area (TPSA) is 24.9 Å². The van der Waals surface area contributed by atoms with Crippen LogP contribution in [0.25, 0.3) is 10.6 Å². The summed E-state index contributed by atoms with van der Waals surface area (Å²) < 4.78 is 1.03. The van der Waals surface area contributed by atoms with Gasteiger partial charge in [0.1, 0.15) is 5.01 Å². The van der Waals surface area contributed by atoms with Gasteiger partial charge in [0.15, 0.2) is 0 Å². The predicted molar refractivity (Wildman–Crippen MR) is 85.0 cm³/mol. The van der Waals surface area contributed by atoms with Crippen LogP contribution in [0.5, 0.6) is 0 Å². The maximum Gasteiger partial charge on any atom is 0.125 e. The SMILES string of the molecule is CNC1CCCc2nc(-c3cc(Br)ccc3Cl)sc21. The van der Waals surface area contributed by atoms with Gasteiger partial charge in [-0.05, 0) is 44.5 Å². The molecule has 1 aromatic carbocycles. The molecule has 0 saturated carbocycles. The van der Waals surface area contributed by atoms with Gasteiger partial charge in [0.2, 0.25) is 0 Å². The van der Waals surface area contributed by atoms with Crippen molar-refractivity contribution in [1.82, 2.24) is 10.3 Å². The molecule has 1 unspecified atom stereocenters. The molecule has 0 aliphatic heterocycles. The second-order valence-electron chi connectivity index (χ2n) is 4.69. The molecule has 0 amide bonds. The van der Waals surface area contributed by atoms with Crippen LogP contribution in [0.1, 0.15) is 29.5 Å². The van der Waals surface area contributed by atoms with Crippen molar-refractivity contribution in [3.8, 4) is 10.6 Å². The molecule has 0 bridgehead atoms. The van der Waals surface area contributed by atoms with E-state index in [0.29, 0.717) is 6.04 Å². The third-order valence-corrected chi connectivity index (χ3v) is 5.53. The molecular formula is C14H14BrClN2S. The number of benzene rings is 1. The molecule has 0 fully saturated rings. The van der Waals surface area contributed by atoms with Crippen LogP contribution in [0, 0.1) is 0 Å². The van der Waals surface area contributed by atoms with Crippen LogP contribution in [-0.4, -0.2) is 12.0 Å². The van der Waals surface area contributed by atoms with Crippen LogP contribution in [0.2, 0.25) is 5.02 Å². The third-order valence-electron chi connectivity index (χ3n) is 3.46. The molecule has 0 saturated heterocycles. The van der Waals surface area contributed by atoms with E-state index in [-0.39, 0.29) is 0 Å². The first-order valence-electron chi connectivity index (χ1n) is 6.31.